The highest BCUT2D eigenvalue weighted by Gasteiger charge is 2.36. The van der Waals surface area contributed by atoms with E-state index in [0.717, 1.165) is 56.8 Å². The Kier molecular flexibility index (Phi) is 4.59. The second kappa shape index (κ2) is 7.17. The molecule has 2 fully saturated rings. The summed E-state index contributed by atoms with van der Waals surface area (Å²) in [4.78, 5) is 30.4. The Labute approximate surface area is 147 Å². The molecule has 0 unspecified atom stereocenters. The molecule has 0 saturated carbocycles. The molecule has 6 heteroatoms. The molecule has 130 valence electrons. The van der Waals surface area contributed by atoms with Crippen molar-refractivity contribution >= 4 is 11.7 Å². The number of anilines is 1. The number of likely N-dealkylation sites (tertiary alicyclic amines) is 1. The van der Waals surface area contributed by atoms with Crippen molar-refractivity contribution in [3.63, 3.8) is 0 Å². The van der Waals surface area contributed by atoms with Crippen LogP contribution in [0.5, 0.6) is 0 Å². The molecular weight excluding hydrogens is 314 g/mol. The molecule has 4 heterocycles. The van der Waals surface area contributed by atoms with Crippen LogP contribution < -0.4 is 4.90 Å². The van der Waals surface area contributed by atoms with E-state index >= 15 is 0 Å². The Balaban J connectivity index is 1.48. The van der Waals surface area contributed by atoms with E-state index < -0.39 is 0 Å². The van der Waals surface area contributed by atoms with E-state index in [2.05, 4.69) is 19.9 Å². The molecule has 2 aliphatic heterocycles. The molecule has 0 N–H and O–H groups in total. The van der Waals surface area contributed by atoms with Gasteiger partial charge in [0.25, 0.3) is 0 Å². The number of carbonyl (C=O) groups is 1. The normalized spacial score (nSPS) is 23.7. The van der Waals surface area contributed by atoms with Gasteiger partial charge in [-0.15, -0.1) is 0 Å². The minimum Gasteiger partial charge on any atom is -0.355 e. The van der Waals surface area contributed by atoms with Gasteiger partial charge in [0.15, 0.2) is 0 Å². The number of piperidine rings is 1. The predicted octanol–water partition coefficient (Wildman–Crippen LogP) is 2.45. The van der Waals surface area contributed by atoms with Crippen molar-refractivity contribution in [3.05, 3.63) is 48.7 Å². The molecule has 0 spiro atoms. The van der Waals surface area contributed by atoms with E-state index in [0.29, 0.717) is 0 Å². The van der Waals surface area contributed by atoms with Crippen molar-refractivity contribution in [2.24, 2.45) is 5.92 Å². The first kappa shape index (κ1) is 16.0. The fraction of sp³-hybridized carbons (Fsp3) is 0.474. The fourth-order valence-electron chi connectivity index (χ4n) is 3.99. The first-order valence-electron chi connectivity index (χ1n) is 9.05. The lowest BCUT2D eigenvalue weighted by Gasteiger charge is -2.36. The molecule has 6 nitrogen and oxygen atoms in total. The average Bonchev–Trinajstić information content (AvgIpc) is 3.19. The quantitative estimate of drug-likeness (QED) is 0.861. The first-order chi connectivity index (χ1) is 12.3. The zero-order valence-corrected chi connectivity index (χ0v) is 14.3. The summed E-state index contributed by atoms with van der Waals surface area (Å²) in [5.41, 5.74) is 1.01. The van der Waals surface area contributed by atoms with Crippen LogP contribution in [0.2, 0.25) is 0 Å². The van der Waals surface area contributed by atoms with E-state index in [1.54, 1.807) is 18.6 Å². The maximum atomic E-state index is 13.2. The fourth-order valence-corrected chi connectivity index (χ4v) is 3.99. The molecular formula is C19H23N5O. The lowest BCUT2D eigenvalue weighted by Crippen LogP contribution is -2.45. The summed E-state index contributed by atoms with van der Waals surface area (Å²) in [6.45, 7) is 2.50. The van der Waals surface area contributed by atoms with Gasteiger partial charge in [-0.1, -0.05) is 6.07 Å². The lowest BCUT2D eigenvalue weighted by atomic mass is 9.96. The molecule has 0 bridgehead atoms. The third-order valence-corrected chi connectivity index (χ3v) is 5.21. The number of aromatic nitrogens is 3. The number of hydrogen-bond donors (Lipinski definition) is 0. The molecule has 2 aromatic heterocycles. The molecule has 2 aromatic rings. The maximum Gasteiger partial charge on any atom is 0.228 e. The SMILES string of the molecule is O=C([C@@H]1CCCN(c2cnccn2)C1)N1CCC[C@H]1c1ccccn1. The Morgan fingerprint density at radius 1 is 1.04 bits per heavy atom. The molecule has 1 amide bonds. The monoisotopic (exact) mass is 337 g/mol. The van der Waals surface area contributed by atoms with Crippen molar-refractivity contribution in [3.8, 4) is 0 Å². The van der Waals surface area contributed by atoms with E-state index in [9.17, 15) is 4.79 Å². The largest absolute Gasteiger partial charge is 0.355 e. The standard InChI is InChI=1S/C19H23N5O/c25-19(24-12-4-7-17(24)16-6-1-2-8-21-16)15-5-3-11-23(14-15)18-13-20-9-10-22-18/h1-2,6,8-10,13,15,17H,3-5,7,11-12,14H2/t15-,17+/m1/s1. The summed E-state index contributed by atoms with van der Waals surface area (Å²) >= 11 is 0. The summed E-state index contributed by atoms with van der Waals surface area (Å²) < 4.78 is 0. The number of nitrogens with zero attached hydrogens (tertiary/aromatic N) is 5. The van der Waals surface area contributed by atoms with Gasteiger partial charge >= 0.3 is 0 Å². The van der Waals surface area contributed by atoms with Gasteiger partial charge in [-0.25, -0.2) is 4.98 Å². The Hall–Kier alpha value is -2.50. The third-order valence-electron chi connectivity index (χ3n) is 5.21. The number of rotatable bonds is 3. The number of hydrogen-bond acceptors (Lipinski definition) is 5. The van der Waals surface area contributed by atoms with Gasteiger partial charge in [0, 0.05) is 38.2 Å². The topological polar surface area (TPSA) is 62.2 Å². The highest BCUT2D eigenvalue weighted by molar-refractivity contribution is 5.80. The second-order valence-electron chi connectivity index (χ2n) is 6.79. The van der Waals surface area contributed by atoms with Crippen LogP contribution in [0.15, 0.2) is 43.0 Å². The molecule has 0 radical (unpaired) electrons. The maximum absolute atomic E-state index is 13.2. The highest BCUT2D eigenvalue weighted by Crippen LogP contribution is 2.33. The van der Waals surface area contributed by atoms with Crippen molar-refractivity contribution in [2.75, 3.05) is 24.5 Å². The van der Waals surface area contributed by atoms with Gasteiger partial charge in [-0.3, -0.25) is 14.8 Å². The molecule has 0 aromatic carbocycles. The summed E-state index contributed by atoms with van der Waals surface area (Å²) in [5.74, 6) is 1.16. The van der Waals surface area contributed by atoms with Crippen molar-refractivity contribution < 1.29 is 4.79 Å². The smallest absolute Gasteiger partial charge is 0.228 e. The molecule has 2 saturated heterocycles. The van der Waals surface area contributed by atoms with Gasteiger partial charge < -0.3 is 9.80 Å². The van der Waals surface area contributed by atoms with Crippen LogP contribution >= 0.6 is 0 Å². The van der Waals surface area contributed by atoms with Crippen LogP contribution in [-0.4, -0.2) is 45.4 Å². The number of amides is 1. The van der Waals surface area contributed by atoms with Crippen LogP contribution in [0.1, 0.15) is 37.4 Å². The number of carbonyl (C=O) groups excluding carboxylic acids is 1. The van der Waals surface area contributed by atoms with Crippen LogP contribution in [0.4, 0.5) is 5.82 Å². The molecule has 0 aliphatic carbocycles. The van der Waals surface area contributed by atoms with Gasteiger partial charge in [0.2, 0.25) is 5.91 Å². The van der Waals surface area contributed by atoms with Gasteiger partial charge in [0.05, 0.1) is 23.9 Å². The molecule has 4 rings (SSSR count). The minimum absolute atomic E-state index is 0.0278. The first-order valence-corrected chi connectivity index (χ1v) is 9.05. The summed E-state index contributed by atoms with van der Waals surface area (Å²) in [6, 6.07) is 6.08. The summed E-state index contributed by atoms with van der Waals surface area (Å²) in [5, 5.41) is 0. The Bertz CT molecular complexity index is 708. The predicted molar refractivity (Wildman–Crippen MR) is 94.9 cm³/mol. The molecule has 25 heavy (non-hydrogen) atoms. The van der Waals surface area contributed by atoms with Crippen molar-refractivity contribution in [2.45, 2.75) is 31.7 Å². The lowest BCUT2D eigenvalue weighted by molar-refractivity contribution is -0.136. The zero-order chi connectivity index (χ0) is 17.1. The Morgan fingerprint density at radius 3 is 2.76 bits per heavy atom. The molecule has 2 aliphatic rings. The number of pyridine rings is 1. The van der Waals surface area contributed by atoms with E-state index in [1.807, 2.05) is 29.3 Å². The van der Waals surface area contributed by atoms with E-state index in [1.165, 1.54) is 0 Å². The van der Waals surface area contributed by atoms with Gasteiger partial charge in [-0.2, -0.15) is 0 Å². The zero-order valence-electron chi connectivity index (χ0n) is 14.3. The summed E-state index contributed by atoms with van der Waals surface area (Å²) in [7, 11) is 0. The molecule has 2 atom stereocenters. The van der Waals surface area contributed by atoms with Crippen LogP contribution in [-0.2, 0) is 4.79 Å². The summed E-state index contributed by atoms with van der Waals surface area (Å²) in [6.07, 6.45) is 11.0. The Morgan fingerprint density at radius 2 is 1.96 bits per heavy atom. The minimum atomic E-state index is 0.0278. The third kappa shape index (κ3) is 3.34. The van der Waals surface area contributed by atoms with Crippen LogP contribution in [0, 0.1) is 5.92 Å². The van der Waals surface area contributed by atoms with E-state index in [-0.39, 0.29) is 17.9 Å². The average molecular weight is 337 g/mol. The van der Waals surface area contributed by atoms with Crippen molar-refractivity contribution in [1.29, 1.82) is 0 Å². The highest BCUT2D eigenvalue weighted by atomic mass is 16.2. The second-order valence-corrected chi connectivity index (χ2v) is 6.79. The van der Waals surface area contributed by atoms with E-state index in [4.69, 9.17) is 0 Å². The van der Waals surface area contributed by atoms with Gasteiger partial charge in [-0.05, 0) is 37.8 Å². The van der Waals surface area contributed by atoms with Gasteiger partial charge in [0.1, 0.15) is 5.82 Å². The van der Waals surface area contributed by atoms with Crippen LogP contribution in [0.25, 0.3) is 0 Å². The van der Waals surface area contributed by atoms with Crippen LogP contribution in [0.3, 0.4) is 0 Å². The van der Waals surface area contributed by atoms with Crippen molar-refractivity contribution in [1.82, 2.24) is 19.9 Å².